The number of benzene rings is 2. The molecule has 0 amide bonds. The summed E-state index contributed by atoms with van der Waals surface area (Å²) in [4.78, 5) is 18.8. The summed E-state index contributed by atoms with van der Waals surface area (Å²) in [7, 11) is 1.43. The summed E-state index contributed by atoms with van der Waals surface area (Å²) in [6.45, 7) is 0. The maximum Gasteiger partial charge on any atom is 0.271 e. The van der Waals surface area contributed by atoms with Crippen LogP contribution in [0.2, 0.25) is 0 Å². The van der Waals surface area contributed by atoms with Crippen LogP contribution in [0.25, 0.3) is 22.4 Å². The van der Waals surface area contributed by atoms with E-state index in [0.29, 0.717) is 12.1 Å². The number of aromatic nitrogens is 4. The smallest absolute Gasteiger partial charge is 0.271 e. The Bertz CT molecular complexity index is 1140. The predicted molar refractivity (Wildman–Crippen MR) is 91.4 cm³/mol. The Morgan fingerprint density at radius 2 is 1.88 bits per heavy atom. The van der Waals surface area contributed by atoms with E-state index in [1.165, 1.54) is 13.2 Å². The largest absolute Gasteiger partial charge is 0.494 e. The maximum absolute atomic E-state index is 13.5. The average molecular weight is 352 g/mol. The predicted octanol–water partition coefficient (Wildman–Crippen LogP) is 2.71. The fourth-order valence-corrected chi connectivity index (χ4v) is 2.66. The SMILES string of the molecule is COc1cc(-c2ccc(Cc3nc4nonc4[nH]c3=O)cc2)ccc1F. The molecule has 2 aromatic carbocycles. The molecule has 0 aliphatic carbocycles. The van der Waals surface area contributed by atoms with Crippen molar-refractivity contribution < 1.29 is 13.8 Å². The zero-order chi connectivity index (χ0) is 18.1. The zero-order valence-corrected chi connectivity index (χ0v) is 13.7. The Hall–Kier alpha value is -3.55. The molecule has 0 saturated carbocycles. The van der Waals surface area contributed by atoms with Crippen LogP contribution in [-0.4, -0.2) is 27.4 Å². The van der Waals surface area contributed by atoms with Crippen LogP contribution in [0.15, 0.2) is 51.9 Å². The van der Waals surface area contributed by atoms with Crippen molar-refractivity contribution >= 4 is 11.3 Å². The topological polar surface area (TPSA) is 93.9 Å². The van der Waals surface area contributed by atoms with E-state index in [9.17, 15) is 9.18 Å². The molecule has 4 rings (SSSR count). The quantitative estimate of drug-likeness (QED) is 0.607. The van der Waals surface area contributed by atoms with Crippen LogP contribution in [-0.2, 0) is 6.42 Å². The minimum atomic E-state index is -0.407. The number of rotatable bonds is 4. The Balaban J connectivity index is 1.61. The molecule has 0 saturated heterocycles. The molecule has 130 valence electrons. The zero-order valence-electron chi connectivity index (χ0n) is 13.7. The van der Waals surface area contributed by atoms with E-state index in [1.54, 1.807) is 12.1 Å². The van der Waals surface area contributed by atoms with E-state index in [0.717, 1.165) is 16.7 Å². The number of fused-ring (bicyclic) bond motifs is 1. The lowest BCUT2D eigenvalue weighted by molar-refractivity contribution is 0.314. The molecule has 0 bridgehead atoms. The first-order valence-electron chi connectivity index (χ1n) is 7.78. The molecule has 0 atom stereocenters. The lowest BCUT2D eigenvalue weighted by atomic mass is 10.0. The standard InChI is InChI=1S/C18H13FN4O3/c1-25-15-9-12(6-7-13(15)19)11-4-2-10(3-5-11)8-14-18(24)21-17-16(20-14)22-26-23-17/h2-7,9H,8H2,1H3,(H,21,23,24). The van der Waals surface area contributed by atoms with Gasteiger partial charge in [-0.3, -0.25) is 9.78 Å². The van der Waals surface area contributed by atoms with Crippen molar-refractivity contribution in [3.8, 4) is 16.9 Å². The Morgan fingerprint density at radius 3 is 2.65 bits per heavy atom. The van der Waals surface area contributed by atoms with Crippen LogP contribution in [0, 0.1) is 5.82 Å². The molecule has 7 nitrogen and oxygen atoms in total. The van der Waals surface area contributed by atoms with Crippen LogP contribution in [0.1, 0.15) is 11.3 Å². The second-order valence-corrected chi connectivity index (χ2v) is 5.67. The van der Waals surface area contributed by atoms with Crippen LogP contribution in [0.4, 0.5) is 4.39 Å². The molecule has 2 aromatic heterocycles. The molecule has 0 radical (unpaired) electrons. The molecular formula is C18H13FN4O3. The molecule has 1 N–H and O–H groups in total. The summed E-state index contributed by atoms with van der Waals surface area (Å²) in [6.07, 6.45) is 0.338. The highest BCUT2D eigenvalue weighted by Gasteiger charge is 2.10. The van der Waals surface area contributed by atoms with Crippen molar-refractivity contribution in [2.45, 2.75) is 6.42 Å². The third kappa shape index (κ3) is 2.92. The van der Waals surface area contributed by atoms with Crippen molar-refractivity contribution in [1.82, 2.24) is 20.3 Å². The fourth-order valence-electron chi connectivity index (χ4n) is 2.66. The molecule has 0 unspecified atom stereocenters. The summed E-state index contributed by atoms with van der Waals surface area (Å²) >= 11 is 0. The van der Waals surface area contributed by atoms with Crippen molar-refractivity contribution in [3.05, 3.63) is 69.9 Å². The van der Waals surface area contributed by atoms with Crippen molar-refractivity contribution in [2.24, 2.45) is 0 Å². The van der Waals surface area contributed by atoms with Gasteiger partial charge in [0.05, 0.1) is 7.11 Å². The lowest BCUT2D eigenvalue weighted by Gasteiger charge is -2.07. The maximum atomic E-state index is 13.5. The van der Waals surface area contributed by atoms with E-state index >= 15 is 0 Å². The van der Waals surface area contributed by atoms with Crippen LogP contribution < -0.4 is 10.3 Å². The van der Waals surface area contributed by atoms with Gasteiger partial charge < -0.3 is 4.74 Å². The second kappa shape index (κ2) is 6.40. The summed E-state index contributed by atoms with van der Waals surface area (Å²) in [6, 6.07) is 12.3. The fraction of sp³-hybridized carbons (Fsp3) is 0.111. The molecule has 0 aliphatic rings. The highest BCUT2D eigenvalue weighted by molar-refractivity contribution is 5.66. The number of halogens is 1. The first kappa shape index (κ1) is 15.9. The van der Waals surface area contributed by atoms with E-state index in [4.69, 9.17) is 4.74 Å². The Labute approximate surface area is 146 Å². The monoisotopic (exact) mass is 352 g/mol. The van der Waals surface area contributed by atoms with E-state index in [2.05, 4.69) is 24.9 Å². The molecule has 0 spiro atoms. The molecule has 0 aliphatic heterocycles. The van der Waals surface area contributed by atoms with E-state index in [-0.39, 0.29) is 22.6 Å². The van der Waals surface area contributed by atoms with Crippen LogP contribution in [0.5, 0.6) is 5.75 Å². The van der Waals surface area contributed by atoms with Gasteiger partial charge in [-0.2, -0.15) is 0 Å². The number of H-pyrrole nitrogens is 1. The molecule has 2 heterocycles. The summed E-state index contributed by atoms with van der Waals surface area (Å²) in [5.41, 5.74) is 3.11. The minimum absolute atomic E-state index is 0.192. The third-order valence-electron chi connectivity index (χ3n) is 4.02. The van der Waals surface area contributed by atoms with Gasteiger partial charge in [-0.1, -0.05) is 30.3 Å². The Kier molecular flexibility index (Phi) is 3.92. The lowest BCUT2D eigenvalue weighted by Crippen LogP contribution is -2.15. The van der Waals surface area contributed by atoms with Crippen LogP contribution in [0.3, 0.4) is 0 Å². The third-order valence-corrected chi connectivity index (χ3v) is 4.02. The molecule has 26 heavy (non-hydrogen) atoms. The second-order valence-electron chi connectivity index (χ2n) is 5.67. The van der Waals surface area contributed by atoms with Crippen LogP contribution >= 0.6 is 0 Å². The number of hydrogen-bond acceptors (Lipinski definition) is 6. The van der Waals surface area contributed by atoms with Gasteiger partial charge in [0.25, 0.3) is 5.56 Å². The van der Waals surface area contributed by atoms with Crippen molar-refractivity contribution in [1.29, 1.82) is 0 Å². The first-order valence-corrected chi connectivity index (χ1v) is 7.78. The molecule has 8 heteroatoms. The summed E-state index contributed by atoms with van der Waals surface area (Å²) < 4.78 is 23.1. The van der Waals surface area contributed by atoms with Gasteiger partial charge in [-0.25, -0.2) is 14.0 Å². The minimum Gasteiger partial charge on any atom is -0.494 e. The number of nitrogens with one attached hydrogen (secondary N) is 1. The van der Waals surface area contributed by atoms with Gasteiger partial charge in [-0.05, 0) is 39.1 Å². The molecule has 0 fully saturated rings. The van der Waals surface area contributed by atoms with Gasteiger partial charge in [0.2, 0.25) is 11.3 Å². The Morgan fingerprint density at radius 1 is 1.12 bits per heavy atom. The summed E-state index contributed by atoms with van der Waals surface area (Å²) in [5, 5.41) is 7.18. The highest BCUT2D eigenvalue weighted by atomic mass is 19.1. The number of ether oxygens (including phenoxy) is 1. The van der Waals surface area contributed by atoms with Crippen molar-refractivity contribution in [3.63, 3.8) is 0 Å². The first-order chi connectivity index (χ1) is 12.6. The number of methoxy groups -OCH3 is 1. The van der Waals surface area contributed by atoms with Gasteiger partial charge in [-0.15, -0.1) is 0 Å². The number of nitrogens with zero attached hydrogens (tertiary/aromatic N) is 3. The average Bonchev–Trinajstić information content (AvgIpc) is 3.10. The van der Waals surface area contributed by atoms with Gasteiger partial charge in [0, 0.05) is 6.42 Å². The van der Waals surface area contributed by atoms with Crippen molar-refractivity contribution in [2.75, 3.05) is 7.11 Å². The normalized spacial score (nSPS) is 11.0. The van der Waals surface area contributed by atoms with E-state index in [1.807, 2.05) is 24.3 Å². The number of aromatic amines is 1. The molecule has 4 aromatic rings. The summed E-state index contributed by atoms with van der Waals surface area (Å²) in [5.74, 6) is -0.215. The van der Waals surface area contributed by atoms with Gasteiger partial charge >= 0.3 is 0 Å². The molecular weight excluding hydrogens is 339 g/mol. The van der Waals surface area contributed by atoms with E-state index < -0.39 is 5.82 Å². The number of hydrogen-bond donors (Lipinski definition) is 1. The van der Waals surface area contributed by atoms with Gasteiger partial charge in [0.15, 0.2) is 11.6 Å². The highest BCUT2D eigenvalue weighted by Crippen LogP contribution is 2.26. The van der Waals surface area contributed by atoms with Gasteiger partial charge in [0.1, 0.15) is 5.69 Å².